The van der Waals surface area contributed by atoms with Crippen LogP contribution in [0.4, 0.5) is 0 Å². The number of rotatable bonds is 7. The first-order chi connectivity index (χ1) is 8.56. The van der Waals surface area contributed by atoms with E-state index in [1.807, 2.05) is 6.07 Å². The second-order valence-electron chi connectivity index (χ2n) is 5.08. The number of carboxylic acids is 1. The zero-order valence-corrected chi connectivity index (χ0v) is 11.7. The van der Waals surface area contributed by atoms with E-state index in [4.69, 9.17) is 5.11 Å². The molecule has 0 radical (unpaired) electrons. The average Bonchev–Trinajstić information content (AvgIpc) is 2.31. The van der Waals surface area contributed by atoms with E-state index in [-0.39, 0.29) is 12.3 Å². The number of hydrogen-bond donors (Lipinski definition) is 1. The summed E-state index contributed by atoms with van der Waals surface area (Å²) in [6.07, 6.45) is 4.69. The number of benzene rings is 1. The molecule has 2 heteroatoms. The standard InChI is InChI=1S/C16H24O2/c1-4-5-6-9-14(11-16(17)18)15-10-7-8-12(2)13(15)3/h7-8,10,14H,4-6,9,11H2,1-3H3,(H,17,18). The molecule has 0 aliphatic carbocycles. The van der Waals surface area contributed by atoms with Crippen LogP contribution in [-0.4, -0.2) is 11.1 Å². The van der Waals surface area contributed by atoms with Gasteiger partial charge >= 0.3 is 5.97 Å². The van der Waals surface area contributed by atoms with Gasteiger partial charge in [-0.3, -0.25) is 4.79 Å². The molecule has 0 saturated carbocycles. The van der Waals surface area contributed by atoms with E-state index in [0.29, 0.717) is 0 Å². The molecule has 0 aromatic heterocycles. The lowest BCUT2D eigenvalue weighted by Gasteiger charge is -2.19. The molecule has 1 N–H and O–H groups in total. The first-order valence-corrected chi connectivity index (χ1v) is 6.84. The fourth-order valence-corrected chi connectivity index (χ4v) is 2.44. The average molecular weight is 248 g/mol. The first-order valence-electron chi connectivity index (χ1n) is 6.84. The van der Waals surface area contributed by atoms with Gasteiger partial charge in [-0.15, -0.1) is 0 Å². The van der Waals surface area contributed by atoms with Gasteiger partial charge in [-0.05, 0) is 42.9 Å². The summed E-state index contributed by atoms with van der Waals surface area (Å²) in [5.41, 5.74) is 3.71. The van der Waals surface area contributed by atoms with Crippen molar-refractivity contribution in [3.05, 3.63) is 34.9 Å². The zero-order valence-electron chi connectivity index (χ0n) is 11.7. The van der Waals surface area contributed by atoms with Gasteiger partial charge < -0.3 is 5.11 Å². The molecule has 0 fully saturated rings. The minimum absolute atomic E-state index is 0.161. The molecule has 0 aliphatic rings. The molecule has 100 valence electrons. The van der Waals surface area contributed by atoms with Gasteiger partial charge in [-0.25, -0.2) is 0 Å². The SMILES string of the molecule is CCCCCC(CC(=O)O)c1cccc(C)c1C. The molecule has 1 aromatic carbocycles. The quantitative estimate of drug-likeness (QED) is 0.724. The molecule has 18 heavy (non-hydrogen) atoms. The predicted molar refractivity (Wildman–Crippen MR) is 75.1 cm³/mol. The topological polar surface area (TPSA) is 37.3 Å². The third kappa shape index (κ3) is 4.17. The number of aryl methyl sites for hydroxylation is 1. The smallest absolute Gasteiger partial charge is 0.303 e. The van der Waals surface area contributed by atoms with Crippen LogP contribution in [0.25, 0.3) is 0 Å². The molecular weight excluding hydrogens is 224 g/mol. The highest BCUT2D eigenvalue weighted by atomic mass is 16.4. The van der Waals surface area contributed by atoms with E-state index in [1.54, 1.807) is 0 Å². The van der Waals surface area contributed by atoms with Crippen molar-refractivity contribution in [2.75, 3.05) is 0 Å². The largest absolute Gasteiger partial charge is 0.481 e. The van der Waals surface area contributed by atoms with E-state index < -0.39 is 5.97 Å². The summed E-state index contributed by atoms with van der Waals surface area (Å²) in [6, 6.07) is 6.21. The van der Waals surface area contributed by atoms with Crippen molar-refractivity contribution in [3.63, 3.8) is 0 Å². The number of hydrogen-bond acceptors (Lipinski definition) is 1. The van der Waals surface area contributed by atoms with Gasteiger partial charge in [0.15, 0.2) is 0 Å². The van der Waals surface area contributed by atoms with E-state index in [9.17, 15) is 4.79 Å². The Balaban J connectivity index is 2.86. The van der Waals surface area contributed by atoms with E-state index in [0.717, 1.165) is 12.8 Å². The second kappa shape index (κ2) is 7.20. The molecule has 1 rings (SSSR count). The highest BCUT2D eigenvalue weighted by molar-refractivity contribution is 5.68. The number of aliphatic carboxylic acids is 1. The van der Waals surface area contributed by atoms with Crippen molar-refractivity contribution in [1.82, 2.24) is 0 Å². The Morgan fingerprint density at radius 2 is 2.00 bits per heavy atom. The fourth-order valence-electron chi connectivity index (χ4n) is 2.44. The van der Waals surface area contributed by atoms with Crippen LogP contribution in [-0.2, 0) is 4.79 Å². The summed E-state index contributed by atoms with van der Waals surface area (Å²) in [6.45, 7) is 6.35. The maximum absolute atomic E-state index is 11.0. The second-order valence-corrected chi connectivity index (χ2v) is 5.08. The normalized spacial score (nSPS) is 12.4. The van der Waals surface area contributed by atoms with Crippen LogP contribution in [0.2, 0.25) is 0 Å². The minimum Gasteiger partial charge on any atom is -0.481 e. The number of carbonyl (C=O) groups is 1. The lowest BCUT2D eigenvalue weighted by atomic mass is 9.86. The number of unbranched alkanes of at least 4 members (excludes halogenated alkanes) is 2. The van der Waals surface area contributed by atoms with Gasteiger partial charge in [-0.2, -0.15) is 0 Å². The Kier molecular flexibility index (Phi) is 5.90. The van der Waals surface area contributed by atoms with Crippen molar-refractivity contribution in [2.45, 2.75) is 58.8 Å². The molecule has 1 unspecified atom stereocenters. The Labute approximate surface area is 110 Å². The lowest BCUT2D eigenvalue weighted by molar-refractivity contribution is -0.137. The van der Waals surface area contributed by atoms with Crippen LogP contribution >= 0.6 is 0 Å². The van der Waals surface area contributed by atoms with E-state index >= 15 is 0 Å². The van der Waals surface area contributed by atoms with Crippen molar-refractivity contribution >= 4 is 5.97 Å². The molecule has 1 atom stereocenters. The predicted octanol–water partition coefficient (Wildman–Crippen LogP) is 4.44. The van der Waals surface area contributed by atoms with Gasteiger partial charge in [0, 0.05) is 0 Å². The highest BCUT2D eigenvalue weighted by Gasteiger charge is 2.17. The van der Waals surface area contributed by atoms with Gasteiger partial charge in [0.05, 0.1) is 6.42 Å². The monoisotopic (exact) mass is 248 g/mol. The van der Waals surface area contributed by atoms with Crippen molar-refractivity contribution in [2.24, 2.45) is 0 Å². The van der Waals surface area contributed by atoms with Crippen LogP contribution < -0.4 is 0 Å². The van der Waals surface area contributed by atoms with Crippen LogP contribution in [0.15, 0.2) is 18.2 Å². The van der Waals surface area contributed by atoms with Gasteiger partial charge in [0.2, 0.25) is 0 Å². The third-order valence-electron chi connectivity index (χ3n) is 3.66. The zero-order chi connectivity index (χ0) is 13.5. The number of carboxylic acid groups (broad SMARTS) is 1. The molecule has 2 nitrogen and oxygen atoms in total. The van der Waals surface area contributed by atoms with Crippen molar-refractivity contribution in [3.8, 4) is 0 Å². The maximum atomic E-state index is 11.0. The Morgan fingerprint density at radius 3 is 2.61 bits per heavy atom. The van der Waals surface area contributed by atoms with Crippen LogP contribution in [0.1, 0.15) is 61.6 Å². The van der Waals surface area contributed by atoms with Gasteiger partial charge in [0.1, 0.15) is 0 Å². The minimum atomic E-state index is -0.697. The molecular formula is C16H24O2. The van der Waals surface area contributed by atoms with Gasteiger partial charge in [0.25, 0.3) is 0 Å². The molecule has 0 spiro atoms. The third-order valence-corrected chi connectivity index (χ3v) is 3.66. The summed E-state index contributed by atoms with van der Waals surface area (Å²) in [4.78, 5) is 11.0. The molecule has 0 aliphatic heterocycles. The van der Waals surface area contributed by atoms with Crippen LogP contribution in [0, 0.1) is 13.8 Å². The van der Waals surface area contributed by atoms with Crippen molar-refractivity contribution in [1.29, 1.82) is 0 Å². The summed E-state index contributed by atoms with van der Waals surface area (Å²) in [5, 5.41) is 9.06. The first kappa shape index (κ1) is 14.7. The maximum Gasteiger partial charge on any atom is 0.303 e. The molecule has 0 heterocycles. The molecule has 0 saturated heterocycles. The summed E-state index contributed by atoms with van der Waals surface area (Å²) < 4.78 is 0. The van der Waals surface area contributed by atoms with Gasteiger partial charge in [-0.1, -0.05) is 44.4 Å². The van der Waals surface area contributed by atoms with Crippen molar-refractivity contribution < 1.29 is 9.90 Å². The molecule has 1 aromatic rings. The fraction of sp³-hybridized carbons (Fsp3) is 0.562. The highest BCUT2D eigenvalue weighted by Crippen LogP contribution is 2.29. The summed E-state index contributed by atoms with van der Waals surface area (Å²) in [5.74, 6) is -0.536. The summed E-state index contributed by atoms with van der Waals surface area (Å²) in [7, 11) is 0. The van der Waals surface area contributed by atoms with Crippen LogP contribution in [0.3, 0.4) is 0 Å². The Morgan fingerprint density at radius 1 is 1.28 bits per heavy atom. The van der Waals surface area contributed by atoms with E-state index in [1.165, 1.54) is 29.5 Å². The Bertz CT molecular complexity index is 396. The Hall–Kier alpha value is -1.31. The molecule has 0 bridgehead atoms. The summed E-state index contributed by atoms with van der Waals surface area (Å²) >= 11 is 0. The van der Waals surface area contributed by atoms with E-state index in [2.05, 4.69) is 32.9 Å². The van der Waals surface area contributed by atoms with Crippen LogP contribution in [0.5, 0.6) is 0 Å². The lowest BCUT2D eigenvalue weighted by Crippen LogP contribution is -2.08. The molecule has 0 amide bonds.